The number of ether oxygens (including phenoxy) is 2. The Morgan fingerprint density at radius 3 is 2.63 bits per heavy atom. The molecule has 1 saturated carbocycles. The number of thiazole rings is 1. The zero-order chi connectivity index (χ0) is 25.4. The fourth-order valence-corrected chi connectivity index (χ4v) is 6.33. The van der Waals surface area contributed by atoms with E-state index in [1.165, 1.54) is 0 Å². The number of amides is 1. The molecule has 6 nitrogen and oxygen atoms in total. The molecule has 1 fully saturated rings. The van der Waals surface area contributed by atoms with Crippen LogP contribution in [0.15, 0.2) is 18.2 Å². The van der Waals surface area contributed by atoms with Gasteiger partial charge in [-0.1, -0.05) is 34.1 Å². The molecule has 1 aliphatic carbocycles. The van der Waals surface area contributed by atoms with Gasteiger partial charge in [0.2, 0.25) is 0 Å². The van der Waals surface area contributed by atoms with E-state index in [0.717, 1.165) is 40.4 Å². The number of aryl methyl sites for hydroxylation is 2. The van der Waals surface area contributed by atoms with Crippen LogP contribution in [0.1, 0.15) is 70.2 Å². The molecule has 5 atom stereocenters. The zero-order valence-electron chi connectivity index (χ0n) is 22.0. The summed E-state index contributed by atoms with van der Waals surface area (Å²) in [5.41, 5.74) is 2.40. The van der Waals surface area contributed by atoms with Crippen LogP contribution in [-0.4, -0.2) is 35.1 Å². The number of anilines is 1. The van der Waals surface area contributed by atoms with Gasteiger partial charge in [-0.2, -0.15) is 0 Å². The molecule has 0 N–H and O–H groups in total. The predicted molar refractivity (Wildman–Crippen MR) is 140 cm³/mol. The lowest BCUT2D eigenvalue weighted by Crippen LogP contribution is -2.53. The predicted octanol–water partition coefficient (Wildman–Crippen LogP) is 6.32. The second kappa shape index (κ2) is 10.3. The summed E-state index contributed by atoms with van der Waals surface area (Å²) in [6, 6.07) is 5.03. The van der Waals surface area contributed by atoms with Crippen molar-refractivity contribution in [2.75, 3.05) is 4.90 Å². The summed E-state index contributed by atoms with van der Waals surface area (Å²) in [7, 11) is 0. The summed E-state index contributed by atoms with van der Waals surface area (Å²) >= 11 is 1.64. The molecule has 2 aliphatic rings. The van der Waals surface area contributed by atoms with Gasteiger partial charge in [0.15, 0.2) is 6.10 Å². The number of fused-ring (bicyclic) bond motifs is 1. The minimum Gasteiger partial charge on any atom is -0.478 e. The lowest BCUT2D eigenvalue weighted by Gasteiger charge is -2.40. The van der Waals surface area contributed by atoms with Crippen molar-refractivity contribution in [3.63, 3.8) is 0 Å². The lowest BCUT2D eigenvalue weighted by atomic mass is 9.75. The first-order valence-electron chi connectivity index (χ1n) is 12.9. The molecule has 0 radical (unpaired) electrons. The van der Waals surface area contributed by atoms with E-state index in [0.29, 0.717) is 35.6 Å². The van der Waals surface area contributed by atoms with Crippen molar-refractivity contribution in [2.24, 2.45) is 17.8 Å². The monoisotopic (exact) mass is 498 g/mol. The largest absolute Gasteiger partial charge is 0.478 e. The van der Waals surface area contributed by atoms with Gasteiger partial charge < -0.3 is 9.47 Å². The van der Waals surface area contributed by atoms with E-state index < -0.39 is 12.1 Å². The molecule has 35 heavy (non-hydrogen) atoms. The second-order valence-corrected chi connectivity index (χ2v) is 11.9. The maximum atomic E-state index is 13.5. The minimum atomic E-state index is -0.752. The number of carbonyl (C=O) groups is 2. The first-order valence-corrected chi connectivity index (χ1v) is 13.7. The van der Waals surface area contributed by atoms with Crippen molar-refractivity contribution in [3.8, 4) is 17.0 Å². The number of esters is 1. The molecule has 1 aliphatic heterocycles. The number of carbonyl (C=O) groups excluding carboxylic acids is 2. The molecule has 1 aromatic heterocycles. The van der Waals surface area contributed by atoms with Gasteiger partial charge in [-0.25, -0.2) is 9.78 Å². The van der Waals surface area contributed by atoms with Crippen LogP contribution in [0.25, 0.3) is 11.3 Å². The molecule has 5 unspecified atom stereocenters. The normalized spacial score (nSPS) is 25.3. The molecule has 1 amide bonds. The highest BCUT2D eigenvalue weighted by Crippen LogP contribution is 2.41. The Morgan fingerprint density at radius 2 is 2.00 bits per heavy atom. The number of nitrogens with zero attached hydrogens (tertiary/aromatic N) is 2. The van der Waals surface area contributed by atoms with Crippen LogP contribution in [0.5, 0.6) is 5.75 Å². The number of hydrogen-bond donors (Lipinski definition) is 0. The average molecular weight is 499 g/mol. The number of benzene rings is 1. The molecule has 4 rings (SSSR count). The van der Waals surface area contributed by atoms with Gasteiger partial charge in [-0.05, 0) is 76.0 Å². The van der Waals surface area contributed by atoms with E-state index in [1.54, 1.807) is 23.2 Å². The Balaban J connectivity index is 1.66. The highest BCUT2D eigenvalue weighted by molar-refractivity contribution is 7.11. The second-order valence-electron chi connectivity index (χ2n) is 10.5. The Hall–Kier alpha value is -2.41. The van der Waals surface area contributed by atoms with Crippen molar-refractivity contribution in [3.05, 3.63) is 28.1 Å². The summed E-state index contributed by atoms with van der Waals surface area (Å²) in [6.45, 7) is 14.3. The van der Waals surface area contributed by atoms with Gasteiger partial charge in [-0.15, -0.1) is 11.3 Å². The van der Waals surface area contributed by atoms with Crippen LogP contribution in [0.3, 0.4) is 0 Å². The molecular formula is C28H38N2O4S. The topological polar surface area (TPSA) is 68.7 Å². The van der Waals surface area contributed by atoms with Crippen LogP contribution >= 0.6 is 11.3 Å². The first-order chi connectivity index (χ1) is 16.6. The Labute approximate surface area is 213 Å². The lowest BCUT2D eigenvalue weighted by molar-refractivity contribution is -0.158. The van der Waals surface area contributed by atoms with Crippen molar-refractivity contribution in [2.45, 2.75) is 92.4 Å². The number of hydrogen-bond acceptors (Lipinski definition) is 6. The molecule has 0 bridgehead atoms. The van der Waals surface area contributed by atoms with E-state index in [-0.39, 0.29) is 18.0 Å². The molecule has 1 aromatic carbocycles. The van der Waals surface area contributed by atoms with Gasteiger partial charge >= 0.3 is 5.97 Å². The summed E-state index contributed by atoms with van der Waals surface area (Å²) in [4.78, 5) is 34.3. The fourth-order valence-electron chi connectivity index (χ4n) is 5.49. The van der Waals surface area contributed by atoms with E-state index in [2.05, 4.69) is 25.8 Å². The van der Waals surface area contributed by atoms with Crippen molar-refractivity contribution < 1.29 is 19.1 Å². The van der Waals surface area contributed by atoms with Crippen molar-refractivity contribution in [1.29, 1.82) is 0 Å². The van der Waals surface area contributed by atoms with E-state index in [4.69, 9.17) is 9.47 Å². The molecule has 190 valence electrons. The van der Waals surface area contributed by atoms with E-state index >= 15 is 0 Å². The van der Waals surface area contributed by atoms with Crippen molar-refractivity contribution in [1.82, 2.24) is 4.98 Å². The Bertz CT molecular complexity index is 1090. The minimum absolute atomic E-state index is 0.113. The third kappa shape index (κ3) is 5.11. The first kappa shape index (κ1) is 25.7. The number of aromatic nitrogens is 1. The van der Waals surface area contributed by atoms with Crippen LogP contribution in [0.2, 0.25) is 0 Å². The maximum absolute atomic E-state index is 13.5. The van der Waals surface area contributed by atoms with Crippen LogP contribution < -0.4 is 9.64 Å². The van der Waals surface area contributed by atoms with Gasteiger partial charge in [0.25, 0.3) is 5.91 Å². The molecule has 0 saturated heterocycles. The van der Waals surface area contributed by atoms with Crippen molar-refractivity contribution >= 4 is 28.9 Å². The van der Waals surface area contributed by atoms with Crippen LogP contribution in [-0.2, 0) is 14.3 Å². The standard InChI is InChI=1S/C28H38N2O4S/c1-8-23-27(31)30(17(5)28(32)34-25-13-16(4)9-11-21(25)15(2)3)22-14-20(10-12-24(22)33-23)26-18(6)35-19(7)29-26/h10,12,14-17,21,23,25H,8-9,11,13H2,1-7H3. The maximum Gasteiger partial charge on any atom is 0.329 e. The highest BCUT2D eigenvalue weighted by Gasteiger charge is 2.41. The van der Waals surface area contributed by atoms with Gasteiger partial charge in [-0.3, -0.25) is 9.69 Å². The van der Waals surface area contributed by atoms with Gasteiger partial charge in [0, 0.05) is 10.4 Å². The smallest absolute Gasteiger partial charge is 0.329 e. The van der Waals surface area contributed by atoms with Gasteiger partial charge in [0.1, 0.15) is 17.9 Å². The van der Waals surface area contributed by atoms with Crippen LogP contribution in [0, 0.1) is 31.6 Å². The van der Waals surface area contributed by atoms with E-state index in [9.17, 15) is 9.59 Å². The van der Waals surface area contributed by atoms with Crippen LogP contribution in [0.4, 0.5) is 5.69 Å². The SMILES string of the molecule is CCC1Oc2ccc(-c3nc(C)sc3C)cc2N(C(C)C(=O)OC2CC(C)CCC2C(C)C)C1=O. The summed E-state index contributed by atoms with van der Waals surface area (Å²) in [5, 5.41) is 0.990. The average Bonchev–Trinajstić information content (AvgIpc) is 3.15. The zero-order valence-corrected chi connectivity index (χ0v) is 22.8. The summed E-state index contributed by atoms with van der Waals surface area (Å²) < 4.78 is 12.2. The molecule has 7 heteroatoms. The van der Waals surface area contributed by atoms with E-state index in [1.807, 2.05) is 39.0 Å². The Morgan fingerprint density at radius 1 is 1.26 bits per heavy atom. The number of rotatable bonds is 6. The molecular weight excluding hydrogens is 460 g/mol. The Kier molecular flexibility index (Phi) is 7.55. The highest BCUT2D eigenvalue weighted by atomic mass is 32.1. The fraction of sp³-hybridized carbons (Fsp3) is 0.607. The molecule has 0 spiro atoms. The third-order valence-corrected chi connectivity index (χ3v) is 8.39. The van der Waals surface area contributed by atoms with Gasteiger partial charge in [0.05, 0.1) is 16.4 Å². The quantitative estimate of drug-likeness (QED) is 0.436. The molecule has 2 heterocycles. The third-order valence-electron chi connectivity index (χ3n) is 7.51. The summed E-state index contributed by atoms with van der Waals surface area (Å²) in [6.07, 6.45) is 2.90. The summed E-state index contributed by atoms with van der Waals surface area (Å²) in [5.74, 6) is 1.37. The molecule has 2 aromatic rings.